The zero-order valence-corrected chi connectivity index (χ0v) is 54.9. The Morgan fingerprint density at radius 2 is 0.470 bits per heavy atom. The van der Waals surface area contributed by atoms with E-state index in [0.29, 0.717) is 19.3 Å². The van der Waals surface area contributed by atoms with Crippen LogP contribution in [-0.2, 0) is 28.6 Å². The monoisotopic (exact) mass is 1160 g/mol. The van der Waals surface area contributed by atoms with Crippen LogP contribution in [0.5, 0.6) is 0 Å². The van der Waals surface area contributed by atoms with Gasteiger partial charge < -0.3 is 14.2 Å². The second-order valence-corrected chi connectivity index (χ2v) is 23.8. The number of hydrogen-bond donors (Lipinski definition) is 0. The van der Waals surface area contributed by atoms with E-state index in [0.717, 1.165) is 116 Å². The van der Waals surface area contributed by atoms with E-state index in [1.807, 2.05) is 0 Å². The Morgan fingerprint density at radius 3 is 0.771 bits per heavy atom. The minimum Gasteiger partial charge on any atom is -0.462 e. The fourth-order valence-corrected chi connectivity index (χ4v) is 10.2. The number of allylic oxidation sites excluding steroid dienone is 16. The maximum Gasteiger partial charge on any atom is 0.306 e. The van der Waals surface area contributed by atoms with E-state index < -0.39 is 6.10 Å². The van der Waals surface area contributed by atoms with Crippen LogP contribution in [0.1, 0.15) is 355 Å². The number of carbonyl (C=O) groups is 3. The summed E-state index contributed by atoms with van der Waals surface area (Å²) in [7, 11) is 0. The SMILES string of the molecule is CC/C=C\C/C=C\C/C=C\C/C=C\CCCCCCCCCCCCCCCCCCCCC(=O)OCC(COC(=O)CCCCCCC/C=C\CCCCCCCC)OC(=O)CCCCCCCC/C=C\C/C=C\C/C=C\CCCCC. The number of rotatable bonds is 65. The van der Waals surface area contributed by atoms with Crippen LogP contribution in [0.3, 0.4) is 0 Å². The first kappa shape index (κ1) is 79.3. The maximum atomic E-state index is 12.9. The van der Waals surface area contributed by atoms with E-state index in [4.69, 9.17) is 14.2 Å². The standard InChI is InChI=1S/C77H134O6/c1-4-7-10-13-16-19-22-25-28-30-32-33-34-35-36-37-38-39-40-41-42-43-45-46-49-52-55-58-61-64-67-70-76(79)82-73-74(72-81-75(78)69-66-63-60-57-54-51-48-27-24-21-18-15-12-9-6-3)83-77(80)71-68-65-62-59-56-53-50-47-44-31-29-26-23-20-17-14-11-8-5-2/h7,10,16-17,19-20,25-29,32-33,44,47-48,74H,4-6,8-9,11-15,18,21-24,30-31,34-43,45-46,49-73H2,1-3H3/b10-7-,19-16-,20-17-,28-25-,29-26-,33-32-,47-44-,48-27-. The quantitative estimate of drug-likeness (QED) is 0.0261. The molecule has 0 N–H and O–H groups in total. The molecule has 0 aliphatic rings. The zero-order chi connectivity index (χ0) is 59.9. The van der Waals surface area contributed by atoms with Crippen molar-refractivity contribution in [2.24, 2.45) is 0 Å². The molecule has 0 saturated heterocycles. The summed E-state index contributed by atoms with van der Waals surface area (Å²) >= 11 is 0. The molecule has 0 bridgehead atoms. The molecular formula is C77H134O6. The molecule has 83 heavy (non-hydrogen) atoms. The zero-order valence-electron chi connectivity index (χ0n) is 54.9. The lowest BCUT2D eigenvalue weighted by molar-refractivity contribution is -0.167. The third-order valence-corrected chi connectivity index (χ3v) is 15.5. The number of hydrogen-bond acceptors (Lipinski definition) is 6. The third-order valence-electron chi connectivity index (χ3n) is 15.5. The van der Waals surface area contributed by atoms with Gasteiger partial charge in [-0.25, -0.2) is 0 Å². The van der Waals surface area contributed by atoms with Crippen molar-refractivity contribution in [3.05, 3.63) is 97.2 Å². The van der Waals surface area contributed by atoms with Gasteiger partial charge in [0.2, 0.25) is 0 Å². The summed E-state index contributed by atoms with van der Waals surface area (Å²) in [4.78, 5) is 38.4. The molecule has 0 rings (SSSR count). The predicted molar refractivity (Wildman–Crippen MR) is 362 cm³/mol. The number of ether oxygens (including phenoxy) is 3. The smallest absolute Gasteiger partial charge is 0.306 e. The van der Waals surface area contributed by atoms with Crippen LogP contribution in [-0.4, -0.2) is 37.2 Å². The molecule has 0 aromatic heterocycles. The highest BCUT2D eigenvalue weighted by molar-refractivity contribution is 5.71. The Labute approximate surface area is 515 Å². The molecule has 1 unspecified atom stereocenters. The van der Waals surface area contributed by atoms with Crippen LogP contribution >= 0.6 is 0 Å². The lowest BCUT2D eigenvalue weighted by Crippen LogP contribution is -2.30. The normalized spacial score (nSPS) is 12.7. The summed E-state index contributed by atoms with van der Waals surface area (Å²) < 4.78 is 17.0. The van der Waals surface area contributed by atoms with Gasteiger partial charge in [0.1, 0.15) is 13.2 Å². The van der Waals surface area contributed by atoms with Gasteiger partial charge in [0, 0.05) is 19.3 Å². The van der Waals surface area contributed by atoms with Gasteiger partial charge in [-0.05, 0) is 122 Å². The molecular weight excluding hydrogens is 1020 g/mol. The number of unbranched alkanes of at least 4 members (excludes halogenated alkanes) is 38. The van der Waals surface area contributed by atoms with Crippen molar-refractivity contribution >= 4 is 17.9 Å². The van der Waals surface area contributed by atoms with Crippen molar-refractivity contribution in [2.75, 3.05) is 13.2 Å². The van der Waals surface area contributed by atoms with Crippen molar-refractivity contribution in [1.82, 2.24) is 0 Å². The molecule has 0 saturated carbocycles. The molecule has 6 nitrogen and oxygen atoms in total. The van der Waals surface area contributed by atoms with Crippen molar-refractivity contribution in [3.8, 4) is 0 Å². The van der Waals surface area contributed by atoms with Gasteiger partial charge in [-0.2, -0.15) is 0 Å². The highest BCUT2D eigenvalue weighted by Crippen LogP contribution is 2.17. The summed E-state index contributed by atoms with van der Waals surface area (Å²) in [6.45, 7) is 6.52. The van der Waals surface area contributed by atoms with Gasteiger partial charge >= 0.3 is 17.9 Å². The fourth-order valence-electron chi connectivity index (χ4n) is 10.2. The Hall–Kier alpha value is -3.67. The Bertz CT molecular complexity index is 1610. The third kappa shape index (κ3) is 69.0. The first-order chi connectivity index (χ1) is 41.0. The van der Waals surface area contributed by atoms with Crippen LogP contribution < -0.4 is 0 Å². The van der Waals surface area contributed by atoms with Gasteiger partial charge in [0.15, 0.2) is 6.10 Å². The fraction of sp³-hybridized carbons (Fsp3) is 0.753. The van der Waals surface area contributed by atoms with Crippen molar-refractivity contribution in [2.45, 2.75) is 361 Å². The van der Waals surface area contributed by atoms with Gasteiger partial charge in [0.05, 0.1) is 0 Å². The second kappa shape index (κ2) is 70.8. The molecule has 0 fully saturated rings. The van der Waals surface area contributed by atoms with Crippen LogP contribution in [0.25, 0.3) is 0 Å². The lowest BCUT2D eigenvalue weighted by Gasteiger charge is -2.18. The average molecular weight is 1160 g/mol. The van der Waals surface area contributed by atoms with Crippen molar-refractivity contribution in [3.63, 3.8) is 0 Å². The topological polar surface area (TPSA) is 78.9 Å². The molecule has 0 aromatic rings. The predicted octanol–water partition coefficient (Wildman–Crippen LogP) is 24.8. The van der Waals surface area contributed by atoms with E-state index in [-0.39, 0.29) is 31.1 Å². The second-order valence-electron chi connectivity index (χ2n) is 23.8. The highest BCUT2D eigenvalue weighted by Gasteiger charge is 2.19. The van der Waals surface area contributed by atoms with Gasteiger partial charge in [-0.15, -0.1) is 0 Å². The Morgan fingerprint density at radius 1 is 0.253 bits per heavy atom. The Kier molecular flexibility index (Phi) is 67.7. The molecule has 0 aliphatic heterocycles. The van der Waals surface area contributed by atoms with E-state index in [9.17, 15) is 14.4 Å². The molecule has 1 atom stereocenters. The van der Waals surface area contributed by atoms with E-state index in [1.54, 1.807) is 0 Å². The molecule has 0 amide bonds. The minimum atomic E-state index is -0.788. The minimum absolute atomic E-state index is 0.0822. The van der Waals surface area contributed by atoms with E-state index >= 15 is 0 Å². The molecule has 6 heteroatoms. The van der Waals surface area contributed by atoms with Gasteiger partial charge in [0.25, 0.3) is 0 Å². The highest BCUT2D eigenvalue weighted by atomic mass is 16.6. The van der Waals surface area contributed by atoms with Crippen LogP contribution in [0.15, 0.2) is 97.2 Å². The van der Waals surface area contributed by atoms with E-state index in [2.05, 4.69) is 118 Å². The number of carbonyl (C=O) groups excluding carboxylic acids is 3. The maximum absolute atomic E-state index is 12.9. The largest absolute Gasteiger partial charge is 0.462 e. The molecule has 0 heterocycles. The molecule has 0 spiro atoms. The number of esters is 3. The first-order valence-corrected chi connectivity index (χ1v) is 35.7. The summed E-state index contributed by atoms with van der Waals surface area (Å²) in [5.74, 6) is -0.886. The lowest BCUT2D eigenvalue weighted by atomic mass is 10.0. The van der Waals surface area contributed by atoms with Crippen LogP contribution in [0.2, 0.25) is 0 Å². The van der Waals surface area contributed by atoms with Gasteiger partial charge in [-0.1, -0.05) is 311 Å². The van der Waals surface area contributed by atoms with Crippen molar-refractivity contribution < 1.29 is 28.6 Å². The summed E-state index contributed by atoms with van der Waals surface area (Å²) in [6.07, 6.45) is 95.8. The van der Waals surface area contributed by atoms with Crippen LogP contribution in [0.4, 0.5) is 0 Å². The first-order valence-electron chi connectivity index (χ1n) is 35.7. The Balaban J connectivity index is 4.25. The molecule has 0 aromatic carbocycles. The molecule has 0 radical (unpaired) electrons. The average Bonchev–Trinajstić information content (AvgIpc) is 3.49. The molecule has 0 aliphatic carbocycles. The summed E-state index contributed by atoms with van der Waals surface area (Å²) in [6, 6.07) is 0. The summed E-state index contributed by atoms with van der Waals surface area (Å²) in [5.41, 5.74) is 0. The molecule has 478 valence electrons. The van der Waals surface area contributed by atoms with E-state index in [1.165, 1.54) is 199 Å². The van der Waals surface area contributed by atoms with Crippen LogP contribution in [0, 0.1) is 0 Å². The van der Waals surface area contributed by atoms with Crippen molar-refractivity contribution in [1.29, 1.82) is 0 Å². The summed E-state index contributed by atoms with van der Waals surface area (Å²) in [5, 5.41) is 0. The van der Waals surface area contributed by atoms with Gasteiger partial charge in [-0.3, -0.25) is 14.4 Å².